The lowest BCUT2D eigenvalue weighted by Crippen LogP contribution is -1.85. The maximum absolute atomic E-state index is 5.58. The summed E-state index contributed by atoms with van der Waals surface area (Å²) in [5, 5.41) is 7.83. The minimum absolute atomic E-state index is 0.583. The smallest absolute Gasteiger partial charge is 0.226 e. The summed E-state index contributed by atoms with van der Waals surface area (Å²) < 4.78 is 10.7. The standard InChI is InChI=1S/C21H18N4O2S/c1-26-18-10-8-16(9-11-18)20-22-17(13-27-20)14-28-21-23-19(24-25-21)12-7-15-5-3-2-4-6-15/h2-13H,14H2,1H3,(H,23,24,25)/b12-7+. The summed E-state index contributed by atoms with van der Waals surface area (Å²) in [4.78, 5) is 8.99. The number of hydrogen-bond acceptors (Lipinski definition) is 6. The SMILES string of the molecule is COc1ccc(-c2nc(CSc3n[nH]c(/C=C/c4ccccc4)n3)co2)cc1. The average Bonchev–Trinajstić information content (AvgIpc) is 3.41. The highest BCUT2D eigenvalue weighted by molar-refractivity contribution is 7.98. The second kappa shape index (κ2) is 8.58. The summed E-state index contributed by atoms with van der Waals surface area (Å²) in [6, 6.07) is 17.7. The van der Waals surface area contributed by atoms with Crippen LogP contribution >= 0.6 is 11.8 Å². The molecule has 140 valence electrons. The van der Waals surface area contributed by atoms with E-state index in [1.807, 2.05) is 66.7 Å². The van der Waals surface area contributed by atoms with E-state index < -0.39 is 0 Å². The molecule has 7 heteroatoms. The van der Waals surface area contributed by atoms with Gasteiger partial charge in [0.15, 0.2) is 0 Å². The van der Waals surface area contributed by atoms with E-state index in [2.05, 4.69) is 20.2 Å². The molecule has 2 aromatic carbocycles. The van der Waals surface area contributed by atoms with Gasteiger partial charge in [-0.05, 0) is 35.9 Å². The highest BCUT2D eigenvalue weighted by atomic mass is 32.2. The first kappa shape index (κ1) is 18.1. The third-order valence-corrected chi connectivity index (χ3v) is 4.83. The number of rotatable bonds is 7. The van der Waals surface area contributed by atoms with E-state index >= 15 is 0 Å². The van der Waals surface area contributed by atoms with Gasteiger partial charge in [-0.3, -0.25) is 5.10 Å². The zero-order chi connectivity index (χ0) is 19.2. The van der Waals surface area contributed by atoms with Crippen LogP contribution in [0.5, 0.6) is 5.75 Å². The van der Waals surface area contributed by atoms with Crippen LogP contribution in [0, 0.1) is 0 Å². The molecule has 0 spiro atoms. The van der Waals surface area contributed by atoms with Crippen molar-refractivity contribution in [2.45, 2.75) is 10.9 Å². The van der Waals surface area contributed by atoms with Crippen LogP contribution in [-0.2, 0) is 5.75 Å². The van der Waals surface area contributed by atoms with Crippen molar-refractivity contribution < 1.29 is 9.15 Å². The monoisotopic (exact) mass is 390 g/mol. The van der Waals surface area contributed by atoms with Crippen LogP contribution in [0.1, 0.15) is 17.1 Å². The Bertz CT molecular complexity index is 1060. The van der Waals surface area contributed by atoms with E-state index in [0.29, 0.717) is 22.6 Å². The summed E-state index contributed by atoms with van der Waals surface area (Å²) in [6.45, 7) is 0. The quantitative estimate of drug-likeness (QED) is 0.451. The second-order valence-electron chi connectivity index (χ2n) is 5.91. The molecule has 4 rings (SSSR count). The average molecular weight is 390 g/mol. The molecule has 4 aromatic rings. The number of nitrogens with one attached hydrogen (secondary N) is 1. The van der Waals surface area contributed by atoms with Crippen molar-refractivity contribution in [3.63, 3.8) is 0 Å². The van der Waals surface area contributed by atoms with Gasteiger partial charge in [-0.15, -0.1) is 5.10 Å². The third kappa shape index (κ3) is 4.50. The highest BCUT2D eigenvalue weighted by Crippen LogP contribution is 2.24. The van der Waals surface area contributed by atoms with Crippen LogP contribution in [-0.4, -0.2) is 27.3 Å². The molecule has 0 aliphatic carbocycles. The lowest BCUT2D eigenvalue weighted by Gasteiger charge is -1.99. The summed E-state index contributed by atoms with van der Waals surface area (Å²) in [6.07, 6.45) is 5.56. The van der Waals surface area contributed by atoms with Gasteiger partial charge in [0, 0.05) is 11.3 Å². The molecule has 0 radical (unpaired) electrons. The summed E-state index contributed by atoms with van der Waals surface area (Å²) in [5.41, 5.74) is 2.85. The normalized spacial score (nSPS) is 11.2. The molecule has 2 aromatic heterocycles. The topological polar surface area (TPSA) is 76.8 Å². The van der Waals surface area contributed by atoms with Gasteiger partial charge < -0.3 is 9.15 Å². The van der Waals surface area contributed by atoms with Gasteiger partial charge in [0.05, 0.1) is 12.8 Å². The molecular weight excluding hydrogens is 372 g/mol. The first-order chi connectivity index (χ1) is 13.8. The molecule has 0 bridgehead atoms. The van der Waals surface area contributed by atoms with E-state index in [-0.39, 0.29) is 0 Å². The summed E-state index contributed by atoms with van der Waals surface area (Å²) in [7, 11) is 1.64. The Hall–Kier alpha value is -3.32. The van der Waals surface area contributed by atoms with Crippen molar-refractivity contribution in [2.75, 3.05) is 7.11 Å². The molecule has 0 aliphatic rings. The molecule has 0 fully saturated rings. The Kier molecular flexibility index (Phi) is 5.53. The van der Waals surface area contributed by atoms with E-state index in [9.17, 15) is 0 Å². The minimum Gasteiger partial charge on any atom is -0.497 e. The fourth-order valence-electron chi connectivity index (χ4n) is 2.51. The van der Waals surface area contributed by atoms with Crippen molar-refractivity contribution in [1.29, 1.82) is 0 Å². The number of H-pyrrole nitrogens is 1. The number of aromatic amines is 1. The van der Waals surface area contributed by atoms with Gasteiger partial charge in [-0.1, -0.05) is 48.2 Å². The van der Waals surface area contributed by atoms with E-state index in [4.69, 9.17) is 9.15 Å². The van der Waals surface area contributed by atoms with Gasteiger partial charge in [-0.25, -0.2) is 9.97 Å². The third-order valence-electron chi connectivity index (χ3n) is 3.95. The van der Waals surface area contributed by atoms with Crippen LogP contribution in [0.15, 0.2) is 70.4 Å². The number of thioether (sulfide) groups is 1. The molecule has 1 N–H and O–H groups in total. The number of aromatic nitrogens is 4. The largest absolute Gasteiger partial charge is 0.497 e. The van der Waals surface area contributed by atoms with E-state index in [1.165, 1.54) is 11.8 Å². The zero-order valence-electron chi connectivity index (χ0n) is 15.2. The van der Waals surface area contributed by atoms with Crippen molar-refractivity contribution in [3.8, 4) is 17.2 Å². The fourth-order valence-corrected chi connectivity index (χ4v) is 3.20. The molecule has 28 heavy (non-hydrogen) atoms. The minimum atomic E-state index is 0.583. The number of hydrogen-bond donors (Lipinski definition) is 1. The first-order valence-electron chi connectivity index (χ1n) is 8.67. The zero-order valence-corrected chi connectivity index (χ0v) is 16.0. The van der Waals surface area contributed by atoms with Gasteiger partial charge in [0.25, 0.3) is 0 Å². The van der Waals surface area contributed by atoms with Crippen molar-refractivity contribution in [3.05, 3.63) is 77.9 Å². The number of ether oxygens (including phenoxy) is 1. The number of methoxy groups -OCH3 is 1. The van der Waals surface area contributed by atoms with Gasteiger partial charge in [0.1, 0.15) is 17.8 Å². The van der Waals surface area contributed by atoms with Crippen molar-refractivity contribution in [1.82, 2.24) is 20.2 Å². The fraction of sp³-hybridized carbons (Fsp3) is 0.0952. The van der Waals surface area contributed by atoms with Crippen LogP contribution < -0.4 is 4.74 Å². The Morgan fingerprint density at radius 3 is 2.64 bits per heavy atom. The van der Waals surface area contributed by atoms with E-state index in [0.717, 1.165) is 22.6 Å². The predicted octanol–water partition coefficient (Wildman–Crippen LogP) is 4.93. The molecule has 0 saturated carbocycles. The Morgan fingerprint density at radius 2 is 1.86 bits per heavy atom. The molecular formula is C21H18N4O2S. The molecule has 0 atom stereocenters. The Morgan fingerprint density at radius 1 is 1.04 bits per heavy atom. The van der Waals surface area contributed by atoms with Crippen molar-refractivity contribution >= 4 is 23.9 Å². The maximum atomic E-state index is 5.58. The molecule has 0 unspecified atom stereocenters. The molecule has 0 saturated heterocycles. The molecule has 2 heterocycles. The van der Waals surface area contributed by atoms with Crippen molar-refractivity contribution in [2.24, 2.45) is 0 Å². The molecule has 0 aliphatic heterocycles. The number of benzene rings is 2. The first-order valence-corrected chi connectivity index (χ1v) is 9.66. The lowest BCUT2D eigenvalue weighted by atomic mass is 10.2. The molecule has 6 nitrogen and oxygen atoms in total. The van der Waals surface area contributed by atoms with Crippen LogP contribution in [0.25, 0.3) is 23.6 Å². The van der Waals surface area contributed by atoms with Crippen LogP contribution in [0.3, 0.4) is 0 Å². The molecule has 0 amide bonds. The van der Waals surface area contributed by atoms with Crippen LogP contribution in [0.4, 0.5) is 0 Å². The van der Waals surface area contributed by atoms with E-state index in [1.54, 1.807) is 13.4 Å². The second-order valence-corrected chi connectivity index (χ2v) is 6.85. The van der Waals surface area contributed by atoms with Gasteiger partial charge in [0.2, 0.25) is 11.0 Å². The predicted molar refractivity (Wildman–Crippen MR) is 110 cm³/mol. The maximum Gasteiger partial charge on any atom is 0.226 e. The number of oxazole rings is 1. The van der Waals surface area contributed by atoms with Crippen LogP contribution in [0.2, 0.25) is 0 Å². The lowest BCUT2D eigenvalue weighted by molar-refractivity contribution is 0.415. The highest BCUT2D eigenvalue weighted by Gasteiger charge is 2.09. The summed E-state index contributed by atoms with van der Waals surface area (Å²) in [5.74, 6) is 2.72. The van der Waals surface area contributed by atoms with Gasteiger partial charge >= 0.3 is 0 Å². The Labute approximate surface area is 166 Å². The van der Waals surface area contributed by atoms with Gasteiger partial charge in [-0.2, -0.15) is 0 Å². The Balaban J connectivity index is 1.35. The summed E-state index contributed by atoms with van der Waals surface area (Å²) >= 11 is 1.50. The number of nitrogens with zero attached hydrogens (tertiary/aromatic N) is 3.